The van der Waals surface area contributed by atoms with Gasteiger partial charge in [0, 0.05) is 32.6 Å². The first-order chi connectivity index (χ1) is 12.7. The number of carbonyl (C=O) groups excluding carboxylic acids is 1. The van der Waals surface area contributed by atoms with Crippen LogP contribution in [0.5, 0.6) is 0 Å². The monoisotopic (exact) mass is 431 g/mol. The molecule has 7 heteroatoms. The van der Waals surface area contributed by atoms with Gasteiger partial charge in [0.25, 0.3) is 0 Å². The van der Waals surface area contributed by atoms with E-state index in [0.717, 1.165) is 45.9 Å². The second-order valence-corrected chi connectivity index (χ2v) is 7.75. The van der Waals surface area contributed by atoms with E-state index in [1.807, 2.05) is 0 Å². The maximum atomic E-state index is 12.3. The highest BCUT2D eigenvalue weighted by molar-refractivity contribution is 5.85. The van der Waals surface area contributed by atoms with Gasteiger partial charge >= 0.3 is 0 Å². The SMILES string of the molecule is CC(CC(=O)NCc1cccc(CN2CCOCC2)c1)C1CCNCC1.Cl.Cl. The predicted molar refractivity (Wildman–Crippen MR) is 118 cm³/mol. The Morgan fingerprint density at radius 3 is 2.61 bits per heavy atom. The third-order valence-corrected chi connectivity index (χ3v) is 5.69. The molecule has 2 fully saturated rings. The zero-order valence-corrected chi connectivity index (χ0v) is 18.5. The lowest BCUT2D eigenvalue weighted by molar-refractivity contribution is -0.122. The summed E-state index contributed by atoms with van der Waals surface area (Å²) >= 11 is 0. The molecule has 160 valence electrons. The van der Waals surface area contributed by atoms with Crippen molar-refractivity contribution in [3.8, 4) is 0 Å². The van der Waals surface area contributed by atoms with E-state index in [9.17, 15) is 4.79 Å². The Bertz CT molecular complexity index is 577. The van der Waals surface area contributed by atoms with Gasteiger partial charge < -0.3 is 15.4 Å². The van der Waals surface area contributed by atoms with Gasteiger partial charge in [-0.25, -0.2) is 0 Å². The second kappa shape index (κ2) is 13.4. The van der Waals surface area contributed by atoms with Crippen LogP contribution in [0.2, 0.25) is 0 Å². The molecule has 2 heterocycles. The number of benzene rings is 1. The topological polar surface area (TPSA) is 53.6 Å². The Morgan fingerprint density at radius 2 is 1.89 bits per heavy atom. The highest BCUT2D eigenvalue weighted by Gasteiger charge is 2.21. The van der Waals surface area contributed by atoms with Gasteiger partial charge in [-0.05, 0) is 48.9 Å². The van der Waals surface area contributed by atoms with Gasteiger partial charge in [-0.1, -0.05) is 31.2 Å². The number of nitrogens with zero attached hydrogens (tertiary/aromatic N) is 1. The van der Waals surface area contributed by atoms with Crippen LogP contribution < -0.4 is 10.6 Å². The van der Waals surface area contributed by atoms with Gasteiger partial charge in [-0.3, -0.25) is 9.69 Å². The molecular formula is C21H35Cl2N3O2. The summed E-state index contributed by atoms with van der Waals surface area (Å²) in [7, 11) is 0. The fourth-order valence-corrected chi connectivity index (χ4v) is 4.00. The summed E-state index contributed by atoms with van der Waals surface area (Å²) in [4.78, 5) is 14.7. The molecule has 3 rings (SSSR count). The van der Waals surface area contributed by atoms with E-state index in [1.54, 1.807) is 0 Å². The zero-order valence-electron chi connectivity index (χ0n) is 16.8. The quantitative estimate of drug-likeness (QED) is 0.696. The van der Waals surface area contributed by atoms with Gasteiger partial charge in [0.2, 0.25) is 5.91 Å². The number of halogens is 2. The average Bonchev–Trinajstić information content (AvgIpc) is 2.68. The highest BCUT2D eigenvalue weighted by Crippen LogP contribution is 2.24. The number of hydrogen-bond acceptors (Lipinski definition) is 4. The van der Waals surface area contributed by atoms with Crippen molar-refractivity contribution in [3.05, 3.63) is 35.4 Å². The van der Waals surface area contributed by atoms with E-state index in [0.29, 0.717) is 24.8 Å². The fourth-order valence-electron chi connectivity index (χ4n) is 4.00. The molecule has 1 unspecified atom stereocenters. The van der Waals surface area contributed by atoms with Crippen LogP contribution in [0.25, 0.3) is 0 Å². The van der Waals surface area contributed by atoms with Gasteiger partial charge in [-0.15, -0.1) is 24.8 Å². The van der Waals surface area contributed by atoms with Crippen LogP contribution in [0.4, 0.5) is 0 Å². The Kier molecular flexibility index (Phi) is 12.0. The molecule has 1 aromatic carbocycles. The second-order valence-electron chi connectivity index (χ2n) is 7.75. The predicted octanol–water partition coefficient (Wildman–Crippen LogP) is 3.00. The number of nitrogens with one attached hydrogen (secondary N) is 2. The van der Waals surface area contributed by atoms with Crippen molar-refractivity contribution in [2.45, 2.75) is 39.3 Å². The Hall–Kier alpha value is -0.850. The molecule has 2 N–H and O–H groups in total. The van der Waals surface area contributed by atoms with Crippen LogP contribution in [-0.2, 0) is 22.6 Å². The molecule has 28 heavy (non-hydrogen) atoms. The maximum Gasteiger partial charge on any atom is 0.220 e. The Labute approximate surface area is 181 Å². The third kappa shape index (κ3) is 8.26. The van der Waals surface area contributed by atoms with E-state index in [4.69, 9.17) is 4.74 Å². The zero-order chi connectivity index (χ0) is 18.2. The smallest absolute Gasteiger partial charge is 0.220 e. The average molecular weight is 432 g/mol. The highest BCUT2D eigenvalue weighted by atomic mass is 35.5. The van der Waals surface area contributed by atoms with Gasteiger partial charge in [0.15, 0.2) is 0 Å². The Morgan fingerprint density at radius 1 is 1.21 bits per heavy atom. The first kappa shape index (κ1) is 25.2. The summed E-state index contributed by atoms with van der Waals surface area (Å²) in [6.07, 6.45) is 3.02. The number of morpholine rings is 1. The van der Waals surface area contributed by atoms with Crippen LogP contribution in [0.3, 0.4) is 0 Å². The minimum absolute atomic E-state index is 0. The Balaban J connectivity index is 0.00000196. The first-order valence-corrected chi connectivity index (χ1v) is 10.1. The van der Waals surface area contributed by atoms with Crippen molar-refractivity contribution in [3.63, 3.8) is 0 Å². The minimum atomic E-state index is 0. The summed E-state index contributed by atoms with van der Waals surface area (Å²) in [6, 6.07) is 8.57. The number of piperidine rings is 1. The van der Waals surface area contributed by atoms with Crippen LogP contribution in [0.1, 0.15) is 37.3 Å². The molecule has 2 aliphatic heterocycles. The first-order valence-electron chi connectivity index (χ1n) is 10.1. The molecule has 0 bridgehead atoms. The van der Waals surface area contributed by atoms with Crippen LogP contribution >= 0.6 is 24.8 Å². The van der Waals surface area contributed by atoms with Crippen molar-refractivity contribution in [2.75, 3.05) is 39.4 Å². The normalized spacial score (nSPS) is 19.2. The number of amides is 1. The van der Waals surface area contributed by atoms with Gasteiger partial charge in [0.05, 0.1) is 13.2 Å². The largest absolute Gasteiger partial charge is 0.379 e. The molecule has 1 amide bonds. The van der Waals surface area contributed by atoms with Gasteiger partial charge in [-0.2, -0.15) is 0 Å². The van der Waals surface area contributed by atoms with E-state index in [1.165, 1.54) is 24.0 Å². The molecule has 1 atom stereocenters. The van der Waals surface area contributed by atoms with Crippen molar-refractivity contribution < 1.29 is 9.53 Å². The fraction of sp³-hybridized carbons (Fsp3) is 0.667. The molecule has 0 aromatic heterocycles. The summed E-state index contributed by atoms with van der Waals surface area (Å²) in [5.74, 6) is 1.32. The number of carbonyl (C=O) groups is 1. The molecular weight excluding hydrogens is 397 g/mol. The van der Waals surface area contributed by atoms with Crippen LogP contribution in [-0.4, -0.2) is 50.2 Å². The van der Waals surface area contributed by atoms with E-state index in [-0.39, 0.29) is 30.7 Å². The van der Waals surface area contributed by atoms with Crippen molar-refractivity contribution in [1.82, 2.24) is 15.5 Å². The summed E-state index contributed by atoms with van der Waals surface area (Å²) < 4.78 is 5.41. The summed E-state index contributed by atoms with van der Waals surface area (Å²) in [6.45, 7) is 9.62. The van der Waals surface area contributed by atoms with E-state index >= 15 is 0 Å². The number of ether oxygens (including phenoxy) is 1. The molecule has 2 aliphatic rings. The standard InChI is InChI=1S/C21H33N3O2.2ClH/c1-17(20-5-7-22-8-6-20)13-21(25)23-15-18-3-2-4-19(14-18)16-24-9-11-26-12-10-24;;/h2-4,14,17,20,22H,5-13,15-16H2,1H3,(H,23,25);2*1H. The van der Waals surface area contributed by atoms with Crippen molar-refractivity contribution >= 4 is 30.7 Å². The van der Waals surface area contributed by atoms with Crippen LogP contribution in [0, 0.1) is 11.8 Å². The molecule has 2 saturated heterocycles. The lowest BCUT2D eigenvalue weighted by atomic mass is 9.84. The lowest BCUT2D eigenvalue weighted by Crippen LogP contribution is -2.35. The molecule has 0 spiro atoms. The number of hydrogen-bond donors (Lipinski definition) is 2. The van der Waals surface area contributed by atoms with Crippen molar-refractivity contribution in [1.29, 1.82) is 0 Å². The minimum Gasteiger partial charge on any atom is -0.379 e. The number of rotatable bonds is 7. The molecule has 5 nitrogen and oxygen atoms in total. The van der Waals surface area contributed by atoms with Crippen molar-refractivity contribution in [2.24, 2.45) is 11.8 Å². The molecule has 1 aromatic rings. The lowest BCUT2D eigenvalue weighted by Gasteiger charge is -2.28. The molecule has 0 radical (unpaired) electrons. The maximum absolute atomic E-state index is 12.3. The van der Waals surface area contributed by atoms with E-state index in [2.05, 4.69) is 46.7 Å². The molecule has 0 saturated carbocycles. The third-order valence-electron chi connectivity index (χ3n) is 5.69. The summed E-state index contributed by atoms with van der Waals surface area (Å²) in [5.41, 5.74) is 2.49. The molecule has 0 aliphatic carbocycles. The van der Waals surface area contributed by atoms with Crippen LogP contribution in [0.15, 0.2) is 24.3 Å². The van der Waals surface area contributed by atoms with Gasteiger partial charge in [0.1, 0.15) is 0 Å². The summed E-state index contributed by atoms with van der Waals surface area (Å²) in [5, 5.41) is 6.50. The van der Waals surface area contributed by atoms with E-state index < -0.39 is 0 Å².